The zero-order valence-electron chi connectivity index (χ0n) is 10.7. The highest BCUT2D eigenvalue weighted by Crippen LogP contribution is 2.09. The molecule has 0 unspecified atom stereocenters. The van der Waals surface area contributed by atoms with Gasteiger partial charge in [-0.1, -0.05) is 24.3 Å². The van der Waals surface area contributed by atoms with Crippen LogP contribution in [0.4, 0.5) is 0 Å². The Morgan fingerprint density at radius 3 is 2.53 bits per heavy atom. The minimum absolute atomic E-state index is 0.265. The van der Waals surface area contributed by atoms with Gasteiger partial charge in [-0.15, -0.1) is 0 Å². The molecule has 6 heteroatoms. The largest absolute Gasteiger partial charge is 0.480 e. The van der Waals surface area contributed by atoms with Crippen molar-refractivity contribution in [2.45, 2.75) is 13.2 Å². The van der Waals surface area contributed by atoms with Gasteiger partial charge in [-0.3, -0.25) is 4.79 Å². The molecule has 0 saturated carbocycles. The number of ether oxygens (including phenoxy) is 2. The number of rotatable bonds is 8. The van der Waals surface area contributed by atoms with E-state index in [9.17, 15) is 9.59 Å². The summed E-state index contributed by atoms with van der Waals surface area (Å²) in [5.74, 6) is -1.45. The van der Waals surface area contributed by atoms with Crippen LogP contribution in [-0.4, -0.2) is 37.3 Å². The van der Waals surface area contributed by atoms with Crippen molar-refractivity contribution in [1.82, 2.24) is 5.32 Å². The normalized spacial score (nSPS) is 10.2. The maximum atomic E-state index is 11.4. The zero-order valence-corrected chi connectivity index (χ0v) is 10.7. The Morgan fingerprint density at radius 2 is 1.89 bits per heavy atom. The van der Waals surface area contributed by atoms with Gasteiger partial charge in [-0.25, -0.2) is 4.79 Å². The third kappa shape index (κ3) is 5.98. The molecule has 1 rings (SSSR count). The van der Waals surface area contributed by atoms with Gasteiger partial charge in [0.15, 0.2) is 0 Å². The Kier molecular flexibility index (Phi) is 6.56. The molecule has 6 nitrogen and oxygen atoms in total. The van der Waals surface area contributed by atoms with Crippen molar-refractivity contribution in [3.05, 3.63) is 35.4 Å². The van der Waals surface area contributed by atoms with Gasteiger partial charge in [0.1, 0.15) is 13.2 Å². The first-order valence-corrected chi connectivity index (χ1v) is 5.75. The third-order valence-corrected chi connectivity index (χ3v) is 2.35. The molecule has 0 radical (unpaired) electrons. The van der Waals surface area contributed by atoms with Crippen LogP contribution in [0.3, 0.4) is 0 Å². The molecule has 0 spiro atoms. The summed E-state index contributed by atoms with van der Waals surface area (Å²) in [4.78, 5) is 21.6. The fraction of sp³-hybridized carbons (Fsp3) is 0.385. The predicted octanol–water partition coefficient (Wildman–Crippen LogP) is 0.550. The minimum Gasteiger partial charge on any atom is -0.480 e. The van der Waals surface area contributed by atoms with Crippen LogP contribution in [0.2, 0.25) is 0 Å². The molecule has 0 fully saturated rings. The third-order valence-electron chi connectivity index (χ3n) is 2.35. The highest BCUT2D eigenvalue weighted by Gasteiger charge is 2.06. The molecule has 19 heavy (non-hydrogen) atoms. The van der Waals surface area contributed by atoms with Crippen molar-refractivity contribution >= 4 is 11.9 Å². The number of hydrogen-bond donors (Lipinski definition) is 2. The van der Waals surface area contributed by atoms with Gasteiger partial charge >= 0.3 is 5.97 Å². The number of carbonyl (C=O) groups is 2. The summed E-state index contributed by atoms with van der Waals surface area (Å²) in [7, 11) is 1.61. The van der Waals surface area contributed by atoms with Gasteiger partial charge < -0.3 is 19.9 Å². The highest BCUT2D eigenvalue weighted by molar-refractivity contribution is 5.77. The van der Waals surface area contributed by atoms with E-state index in [1.54, 1.807) is 7.11 Å². The zero-order chi connectivity index (χ0) is 14.1. The maximum absolute atomic E-state index is 11.4. The van der Waals surface area contributed by atoms with Crippen LogP contribution in [0.25, 0.3) is 0 Å². The number of benzene rings is 1. The molecule has 0 atom stereocenters. The van der Waals surface area contributed by atoms with Crippen LogP contribution in [0.15, 0.2) is 24.3 Å². The summed E-state index contributed by atoms with van der Waals surface area (Å²) in [6, 6.07) is 7.59. The number of aliphatic carboxylic acids is 1. The molecule has 0 saturated heterocycles. The van der Waals surface area contributed by atoms with Crippen LogP contribution < -0.4 is 5.32 Å². The van der Waals surface area contributed by atoms with Crippen molar-refractivity contribution in [2.75, 3.05) is 20.3 Å². The van der Waals surface area contributed by atoms with E-state index in [0.717, 1.165) is 11.1 Å². The SMILES string of the molecule is COCc1ccccc1CNC(=O)COCC(=O)O. The summed E-state index contributed by atoms with van der Waals surface area (Å²) in [6.07, 6.45) is 0. The molecule has 1 aromatic carbocycles. The predicted molar refractivity (Wildman–Crippen MR) is 67.5 cm³/mol. The van der Waals surface area contributed by atoms with E-state index in [4.69, 9.17) is 9.84 Å². The van der Waals surface area contributed by atoms with E-state index in [1.165, 1.54) is 0 Å². The number of carbonyl (C=O) groups excluding carboxylic acids is 1. The maximum Gasteiger partial charge on any atom is 0.329 e. The van der Waals surface area contributed by atoms with Gasteiger partial charge in [0.05, 0.1) is 6.61 Å². The highest BCUT2D eigenvalue weighted by atomic mass is 16.5. The molecular weight excluding hydrogens is 250 g/mol. The van der Waals surface area contributed by atoms with E-state index in [0.29, 0.717) is 13.2 Å². The molecule has 0 heterocycles. The molecular formula is C13H17NO5. The smallest absolute Gasteiger partial charge is 0.329 e. The van der Waals surface area contributed by atoms with Crippen molar-refractivity contribution < 1.29 is 24.2 Å². The molecule has 0 aliphatic carbocycles. The molecule has 0 bridgehead atoms. The van der Waals surface area contributed by atoms with Crippen LogP contribution >= 0.6 is 0 Å². The second-order valence-corrected chi connectivity index (χ2v) is 3.86. The van der Waals surface area contributed by atoms with Crippen molar-refractivity contribution in [3.63, 3.8) is 0 Å². The molecule has 1 aromatic rings. The first-order chi connectivity index (χ1) is 9.13. The quantitative estimate of drug-likeness (QED) is 0.718. The Balaban J connectivity index is 2.39. The Morgan fingerprint density at radius 1 is 1.21 bits per heavy atom. The van der Waals surface area contributed by atoms with Gasteiger partial charge in [0.25, 0.3) is 0 Å². The van der Waals surface area contributed by atoms with Crippen molar-refractivity contribution in [1.29, 1.82) is 0 Å². The summed E-state index contributed by atoms with van der Waals surface area (Å²) in [5, 5.41) is 11.0. The number of methoxy groups -OCH3 is 1. The molecule has 0 aromatic heterocycles. The molecule has 104 valence electrons. The molecule has 1 amide bonds. The number of nitrogens with one attached hydrogen (secondary N) is 1. The lowest BCUT2D eigenvalue weighted by Crippen LogP contribution is -2.28. The monoisotopic (exact) mass is 267 g/mol. The van der Waals surface area contributed by atoms with Gasteiger partial charge in [-0.05, 0) is 11.1 Å². The average Bonchev–Trinajstić information content (AvgIpc) is 2.37. The van der Waals surface area contributed by atoms with Crippen molar-refractivity contribution in [3.8, 4) is 0 Å². The fourth-order valence-electron chi connectivity index (χ4n) is 1.50. The standard InChI is InChI=1S/C13H17NO5/c1-18-7-11-5-3-2-4-10(11)6-14-12(15)8-19-9-13(16)17/h2-5H,6-9H2,1H3,(H,14,15)(H,16,17). The molecule has 2 N–H and O–H groups in total. The number of carboxylic acids is 1. The molecule has 0 aliphatic rings. The van der Waals surface area contributed by atoms with Crippen LogP contribution in [0.1, 0.15) is 11.1 Å². The fourth-order valence-corrected chi connectivity index (χ4v) is 1.50. The molecule has 0 aliphatic heterocycles. The van der Waals surface area contributed by atoms with Crippen LogP contribution in [0, 0.1) is 0 Å². The topological polar surface area (TPSA) is 84.9 Å². The number of carboxylic acid groups (broad SMARTS) is 1. The summed E-state index contributed by atoms with van der Waals surface area (Å²) in [5.41, 5.74) is 1.95. The van der Waals surface area contributed by atoms with E-state index < -0.39 is 12.6 Å². The number of hydrogen-bond acceptors (Lipinski definition) is 4. The summed E-state index contributed by atoms with van der Waals surface area (Å²) >= 11 is 0. The lowest BCUT2D eigenvalue weighted by Gasteiger charge is -2.10. The van der Waals surface area contributed by atoms with Gasteiger partial charge in [0.2, 0.25) is 5.91 Å². The summed E-state index contributed by atoms with van der Waals surface area (Å²) in [6.45, 7) is 0.0861. The van der Waals surface area contributed by atoms with E-state index in [1.807, 2.05) is 24.3 Å². The lowest BCUT2D eigenvalue weighted by molar-refractivity contribution is -0.143. The van der Waals surface area contributed by atoms with Crippen LogP contribution in [0.5, 0.6) is 0 Å². The van der Waals surface area contributed by atoms with Gasteiger partial charge in [0, 0.05) is 13.7 Å². The summed E-state index contributed by atoms with van der Waals surface area (Å²) < 4.78 is 9.75. The second-order valence-electron chi connectivity index (χ2n) is 3.86. The van der Waals surface area contributed by atoms with E-state index >= 15 is 0 Å². The average molecular weight is 267 g/mol. The lowest BCUT2D eigenvalue weighted by atomic mass is 10.1. The van der Waals surface area contributed by atoms with Crippen molar-refractivity contribution in [2.24, 2.45) is 0 Å². The Labute approximate surface area is 111 Å². The number of amides is 1. The minimum atomic E-state index is -1.10. The Hall–Kier alpha value is -1.92. The van der Waals surface area contributed by atoms with E-state index in [2.05, 4.69) is 10.1 Å². The first-order valence-electron chi connectivity index (χ1n) is 5.75. The first kappa shape index (κ1) is 15.1. The van der Waals surface area contributed by atoms with Gasteiger partial charge in [-0.2, -0.15) is 0 Å². The van der Waals surface area contributed by atoms with Crippen LogP contribution in [-0.2, 0) is 32.2 Å². The van der Waals surface area contributed by atoms with E-state index in [-0.39, 0.29) is 12.5 Å². The Bertz CT molecular complexity index is 433. The second kappa shape index (κ2) is 8.23.